The molecule has 14 nitrogen and oxygen atoms in total. The van der Waals surface area contributed by atoms with Gasteiger partial charge in [-0.05, 0) is 25.4 Å². The van der Waals surface area contributed by atoms with Crippen molar-refractivity contribution in [3.8, 4) is 0 Å². The summed E-state index contributed by atoms with van der Waals surface area (Å²) >= 11 is 5.98. The van der Waals surface area contributed by atoms with E-state index in [4.69, 9.17) is 21.1 Å². The number of aromatic nitrogens is 4. The quantitative estimate of drug-likeness (QED) is 0.187. The van der Waals surface area contributed by atoms with Gasteiger partial charge in [-0.15, -0.1) is 0 Å². The highest BCUT2D eigenvalue weighted by Crippen LogP contribution is 2.42. The van der Waals surface area contributed by atoms with E-state index in [9.17, 15) is 29.4 Å². The van der Waals surface area contributed by atoms with Crippen molar-refractivity contribution in [3.63, 3.8) is 0 Å². The summed E-state index contributed by atoms with van der Waals surface area (Å²) in [5.74, 6) is -2.72. The minimum atomic E-state index is -4.95. The van der Waals surface area contributed by atoms with E-state index >= 15 is 0 Å². The van der Waals surface area contributed by atoms with Gasteiger partial charge < -0.3 is 40.1 Å². The zero-order valence-electron chi connectivity index (χ0n) is 17.1. The van der Waals surface area contributed by atoms with Crippen molar-refractivity contribution in [3.05, 3.63) is 11.6 Å². The van der Waals surface area contributed by atoms with E-state index in [0.29, 0.717) is 17.9 Å². The van der Waals surface area contributed by atoms with Crippen LogP contribution in [0.5, 0.6) is 0 Å². The van der Waals surface area contributed by atoms with Crippen LogP contribution in [0.25, 0.3) is 11.2 Å². The lowest BCUT2D eigenvalue weighted by Gasteiger charge is -2.21. The Morgan fingerprint density at radius 2 is 2.03 bits per heavy atom. The largest absolute Gasteiger partial charge is 0.387 e. The minimum Gasteiger partial charge on any atom is -0.387 e. The molecule has 6 N–H and O–H groups in total. The smallest absolute Gasteiger partial charge is 0.363 e. The molecule has 178 valence electrons. The highest BCUT2D eigenvalue weighted by atomic mass is 35.5. The van der Waals surface area contributed by atoms with Crippen LogP contribution in [0.1, 0.15) is 20.1 Å². The Hall–Kier alpha value is -1.90. The molecule has 1 aliphatic rings. The van der Waals surface area contributed by atoms with Gasteiger partial charge in [-0.3, -0.25) is 13.9 Å². The highest BCUT2D eigenvalue weighted by molar-refractivity contribution is 7.53. The van der Waals surface area contributed by atoms with Crippen LogP contribution in [0.15, 0.2) is 6.33 Å². The number of rotatable bonds is 9. The summed E-state index contributed by atoms with van der Waals surface area (Å²) < 4.78 is 23.7. The van der Waals surface area contributed by atoms with Gasteiger partial charge in [0.05, 0.1) is 12.9 Å². The molecule has 1 fully saturated rings. The first-order valence-electron chi connectivity index (χ1n) is 9.68. The summed E-state index contributed by atoms with van der Waals surface area (Å²) in [4.78, 5) is 43.1. The first-order chi connectivity index (χ1) is 15.1. The maximum Gasteiger partial charge on any atom is 0.363 e. The number of nitrogens with zero attached hydrogens (tertiary/aromatic N) is 4. The monoisotopic (exact) mass is 494 g/mol. The molecule has 5 atom stereocenters. The van der Waals surface area contributed by atoms with E-state index in [0.717, 1.165) is 0 Å². The second-order valence-corrected chi connectivity index (χ2v) is 8.90. The van der Waals surface area contributed by atoms with Gasteiger partial charge in [0.2, 0.25) is 11.1 Å². The molecular weight excluding hydrogens is 471 g/mol. The molecule has 0 radical (unpaired) electrons. The summed E-state index contributed by atoms with van der Waals surface area (Å²) in [6.45, 7) is 3.53. The molecule has 2 aromatic heterocycles. The number of hydrogen-bond donors (Lipinski definition) is 6. The van der Waals surface area contributed by atoms with E-state index in [1.165, 1.54) is 10.9 Å². The summed E-state index contributed by atoms with van der Waals surface area (Å²) in [7, 11) is -4.95. The molecular formula is C16H24ClN6O8P. The van der Waals surface area contributed by atoms with Crippen molar-refractivity contribution in [2.24, 2.45) is 0 Å². The molecule has 1 saturated heterocycles. The molecule has 0 bridgehead atoms. The third-order valence-corrected chi connectivity index (χ3v) is 5.81. The van der Waals surface area contributed by atoms with E-state index in [1.807, 2.05) is 6.92 Å². The van der Waals surface area contributed by atoms with Gasteiger partial charge in [0.25, 0.3) is 5.91 Å². The van der Waals surface area contributed by atoms with Crippen molar-refractivity contribution in [2.75, 3.05) is 25.0 Å². The molecule has 0 spiro atoms. The average Bonchev–Trinajstić information content (AvgIpc) is 3.23. The molecule has 1 amide bonds. The highest BCUT2D eigenvalue weighted by Gasteiger charge is 2.46. The van der Waals surface area contributed by atoms with Crippen molar-refractivity contribution < 1.29 is 38.8 Å². The van der Waals surface area contributed by atoms with Crippen molar-refractivity contribution in [2.45, 2.75) is 44.2 Å². The van der Waals surface area contributed by atoms with E-state index in [2.05, 4.69) is 25.6 Å². The van der Waals surface area contributed by atoms with Crippen LogP contribution in [0.4, 0.5) is 5.82 Å². The standard InChI is InChI=1S/C16H24ClN6O8P/c1-3-18-11-8-12(22-16(17)21-11)23(6-20-8)14-10(25)9(24)7(31-14)5-30-15(32(27,28)29)13(26)19-4-2/h6-7,9-10,14-15,24-25H,3-5H2,1-2H3,(H,19,26)(H,18,21,22)(H2,27,28,29)/t7-,9+,10-,14-,15+/m1/s1. The number of fused-ring (bicyclic) bond motifs is 1. The number of ether oxygens (including phenoxy) is 2. The lowest BCUT2D eigenvalue weighted by Crippen LogP contribution is -2.40. The average molecular weight is 495 g/mol. The Balaban J connectivity index is 1.81. The number of aliphatic hydroxyl groups excluding tert-OH is 2. The van der Waals surface area contributed by atoms with Crippen molar-refractivity contribution in [1.82, 2.24) is 24.8 Å². The Morgan fingerprint density at radius 3 is 2.66 bits per heavy atom. The summed E-state index contributed by atoms with van der Waals surface area (Å²) in [5.41, 5.74) is 0.591. The second-order valence-electron chi connectivity index (χ2n) is 6.91. The van der Waals surface area contributed by atoms with Gasteiger partial charge in [-0.25, -0.2) is 4.98 Å². The second kappa shape index (κ2) is 9.93. The SMILES string of the molecule is CCNC(=O)[C@@H](OC[C@H]1O[C@@H](n2cnc3c(NCC)nc(Cl)nc32)[C@H](O)[C@H]1O)P(=O)(O)O. The Morgan fingerprint density at radius 1 is 1.31 bits per heavy atom. The zero-order valence-corrected chi connectivity index (χ0v) is 18.8. The van der Waals surface area contributed by atoms with Gasteiger partial charge in [-0.2, -0.15) is 9.97 Å². The molecule has 2 aromatic rings. The maximum atomic E-state index is 11.9. The third-order valence-electron chi connectivity index (χ3n) is 4.65. The topological polar surface area (TPSA) is 201 Å². The summed E-state index contributed by atoms with van der Waals surface area (Å²) in [6, 6.07) is 0. The molecule has 3 heterocycles. The molecule has 32 heavy (non-hydrogen) atoms. The first kappa shape index (κ1) is 24.7. The number of carbonyl (C=O) groups is 1. The lowest BCUT2D eigenvalue weighted by molar-refractivity contribution is -0.132. The fourth-order valence-electron chi connectivity index (χ4n) is 3.24. The van der Waals surface area contributed by atoms with Gasteiger partial charge in [0, 0.05) is 13.1 Å². The van der Waals surface area contributed by atoms with Crippen LogP contribution >= 0.6 is 19.2 Å². The third kappa shape index (κ3) is 5.02. The Labute approximate surface area is 187 Å². The molecule has 3 rings (SSSR count). The Bertz CT molecular complexity index is 1020. The number of imidazole rings is 1. The van der Waals surface area contributed by atoms with Crippen LogP contribution in [0, 0.1) is 0 Å². The molecule has 1 aliphatic heterocycles. The molecule has 16 heteroatoms. The van der Waals surface area contributed by atoms with E-state index in [1.54, 1.807) is 6.92 Å². The number of carbonyl (C=O) groups excluding carboxylic acids is 1. The molecule has 0 saturated carbocycles. The number of hydrogen-bond acceptors (Lipinski definition) is 10. The molecule has 0 aliphatic carbocycles. The summed E-state index contributed by atoms with van der Waals surface area (Å²) in [6.07, 6.45) is -4.00. The maximum absolute atomic E-state index is 11.9. The zero-order chi connectivity index (χ0) is 23.6. The minimum absolute atomic E-state index is 0.0745. The van der Waals surface area contributed by atoms with Crippen LogP contribution in [0.2, 0.25) is 5.28 Å². The number of nitrogens with one attached hydrogen (secondary N) is 2. The van der Waals surface area contributed by atoms with Crippen LogP contribution in [-0.2, 0) is 18.8 Å². The Kier molecular flexibility index (Phi) is 7.68. The number of aliphatic hydroxyl groups is 2. The fourth-order valence-corrected chi connectivity index (χ4v) is 4.08. The van der Waals surface area contributed by atoms with E-state index in [-0.39, 0.29) is 17.5 Å². The predicted octanol–water partition coefficient (Wildman–Crippen LogP) is -0.813. The number of likely N-dealkylation sites (N-methyl/N-ethyl adjacent to an activating group) is 1. The first-order valence-corrected chi connectivity index (χ1v) is 11.7. The van der Waals surface area contributed by atoms with Crippen molar-refractivity contribution in [1.29, 1.82) is 0 Å². The predicted molar refractivity (Wildman–Crippen MR) is 111 cm³/mol. The van der Waals surface area contributed by atoms with Crippen molar-refractivity contribution >= 4 is 42.1 Å². The number of anilines is 1. The lowest BCUT2D eigenvalue weighted by atomic mass is 10.1. The van der Waals surface area contributed by atoms with Crippen LogP contribution < -0.4 is 10.6 Å². The van der Waals surface area contributed by atoms with Gasteiger partial charge in [0.15, 0.2) is 23.2 Å². The van der Waals surface area contributed by atoms with E-state index < -0.39 is 50.5 Å². The summed E-state index contributed by atoms with van der Waals surface area (Å²) in [5, 5.41) is 26.1. The normalized spacial score (nSPS) is 24.6. The van der Waals surface area contributed by atoms with Gasteiger partial charge in [-0.1, -0.05) is 0 Å². The fraction of sp³-hybridized carbons (Fsp3) is 0.625. The molecule has 0 aromatic carbocycles. The molecule has 0 unspecified atom stereocenters. The van der Waals surface area contributed by atoms with Gasteiger partial charge >= 0.3 is 7.60 Å². The van der Waals surface area contributed by atoms with Crippen LogP contribution in [0.3, 0.4) is 0 Å². The van der Waals surface area contributed by atoms with Gasteiger partial charge in [0.1, 0.15) is 18.3 Å². The van der Waals surface area contributed by atoms with Crippen LogP contribution in [-0.4, -0.2) is 89.3 Å². The number of halogens is 1. The number of amides is 1.